The van der Waals surface area contributed by atoms with Crippen LogP contribution in [0.4, 0.5) is 0 Å². The van der Waals surface area contributed by atoms with Crippen LogP contribution < -0.4 is 0 Å². The summed E-state index contributed by atoms with van der Waals surface area (Å²) in [6, 6.07) is 0. The van der Waals surface area contributed by atoms with Gasteiger partial charge in [-0.1, -0.05) is 0 Å². The zero-order valence-corrected chi connectivity index (χ0v) is 10.4. The Bertz CT molecular complexity index is 327. The fourth-order valence-electron chi connectivity index (χ4n) is 0.765. The molecule has 2 heterocycles. The van der Waals surface area contributed by atoms with Gasteiger partial charge in [0.1, 0.15) is 0 Å². The zero-order valence-electron chi connectivity index (χ0n) is 4.73. The maximum absolute atomic E-state index is 3.52. The molecule has 0 nitrogen and oxygen atoms in total. The van der Waals surface area contributed by atoms with Crippen LogP contribution in [0.5, 0.6) is 0 Å². The summed E-state index contributed by atoms with van der Waals surface area (Å²) in [6.07, 6.45) is 0. The normalized spacial score (nSPS) is 11.0. The van der Waals surface area contributed by atoms with E-state index in [2.05, 4.69) is 42.2 Å². The molecule has 0 aliphatic carbocycles. The van der Waals surface area contributed by atoms with E-state index in [4.69, 9.17) is 0 Å². The summed E-state index contributed by atoms with van der Waals surface area (Å²) in [4.78, 5) is 2.26. The Labute approximate surface area is 85.2 Å². The van der Waals surface area contributed by atoms with Crippen molar-refractivity contribution in [3.05, 3.63) is 19.3 Å². The second-order valence-corrected chi connectivity index (χ2v) is 6.26. The van der Waals surface area contributed by atoms with Crippen LogP contribution in [0.25, 0.3) is 8.96 Å². The maximum atomic E-state index is 3.52. The van der Waals surface area contributed by atoms with E-state index in [0.29, 0.717) is 14.5 Å². The molecule has 0 fully saturated rings. The fourth-order valence-corrected chi connectivity index (χ4v) is 6.26. The summed E-state index contributed by atoms with van der Waals surface area (Å²) in [7, 11) is 0. The average Bonchev–Trinajstić information content (AvgIpc) is 2.41. The number of hydrogen-bond acceptors (Lipinski definition) is 1. The third-order valence-electron chi connectivity index (χ3n) is 1.20. The van der Waals surface area contributed by atoms with E-state index >= 15 is 0 Å². The first-order chi connectivity index (χ1) is 4.79. The fraction of sp³-hybridized carbons (Fsp3) is 0. The molecule has 2 aromatic rings. The molecule has 0 N–H and O–H groups in total. The summed E-state index contributed by atoms with van der Waals surface area (Å²) in [6.45, 7) is 0. The molecule has 52 valence electrons. The van der Waals surface area contributed by atoms with Crippen LogP contribution in [0, 0.1) is 0 Å². The predicted molar refractivity (Wildman–Crippen MR) is 54.2 cm³/mol. The van der Waals surface area contributed by atoms with Gasteiger partial charge in [0, 0.05) is 0 Å². The first-order valence-corrected chi connectivity index (χ1v) is 6.90. The van der Waals surface area contributed by atoms with Gasteiger partial charge >= 0.3 is 85.9 Å². The van der Waals surface area contributed by atoms with Gasteiger partial charge in [-0.05, 0) is 0 Å². The van der Waals surface area contributed by atoms with Crippen molar-refractivity contribution in [1.29, 1.82) is 0 Å². The van der Waals surface area contributed by atoms with Crippen molar-refractivity contribution in [2.75, 3.05) is 0 Å². The predicted octanol–water partition coefficient (Wildman–Crippen LogP) is 3.48. The molecule has 2 aromatic heterocycles. The van der Waals surface area contributed by atoms with E-state index in [1.165, 1.54) is 17.9 Å². The zero-order chi connectivity index (χ0) is 7.14. The van der Waals surface area contributed by atoms with Crippen molar-refractivity contribution < 1.29 is 0 Å². The van der Waals surface area contributed by atoms with Gasteiger partial charge in [0.2, 0.25) is 0 Å². The van der Waals surface area contributed by atoms with Crippen molar-refractivity contribution in [3.63, 3.8) is 0 Å². The molecule has 0 atom stereocenters. The molecule has 0 bridgehead atoms. The van der Waals surface area contributed by atoms with E-state index in [-0.39, 0.29) is 0 Å². The Morgan fingerprint density at radius 2 is 2.10 bits per heavy atom. The molecule has 2 rings (SSSR count). The first kappa shape index (κ1) is 7.56. The SMILES string of the molecule is Brc1c[se]c2c(Br)csc12. The van der Waals surface area contributed by atoms with E-state index < -0.39 is 0 Å². The first-order valence-electron chi connectivity index (χ1n) is 2.58. The van der Waals surface area contributed by atoms with E-state index in [1.54, 1.807) is 11.3 Å². The molecule has 0 saturated carbocycles. The Morgan fingerprint density at radius 3 is 2.80 bits per heavy atom. The summed E-state index contributed by atoms with van der Waals surface area (Å²) in [5.41, 5.74) is 0. The van der Waals surface area contributed by atoms with Crippen molar-refractivity contribution in [1.82, 2.24) is 0 Å². The minimum atomic E-state index is 0.549. The standard InChI is InChI=1S/C6H2Br2SSe/c7-3-1-9-5-4(8)2-10-6(3)5/h1-2H. The summed E-state index contributed by atoms with van der Waals surface area (Å²) >= 11 is 9.38. The van der Waals surface area contributed by atoms with Gasteiger partial charge < -0.3 is 0 Å². The van der Waals surface area contributed by atoms with Gasteiger partial charge in [-0.15, -0.1) is 0 Å². The molecule has 0 radical (unpaired) electrons. The van der Waals surface area contributed by atoms with Crippen LogP contribution in [-0.4, -0.2) is 14.5 Å². The Morgan fingerprint density at radius 1 is 1.30 bits per heavy atom. The van der Waals surface area contributed by atoms with Crippen LogP contribution in [0.15, 0.2) is 19.3 Å². The van der Waals surface area contributed by atoms with Gasteiger partial charge in [0.15, 0.2) is 0 Å². The van der Waals surface area contributed by atoms with Gasteiger partial charge in [0.25, 0.3) is 0 Å². The van der Waals surface area contributed by atoms with Crippen LogP contribution in [0.2, 0.25) is 0 Å². The minimum absolute atomic E-state index is 0.549. The molecule has 0 aromatic carbocycles. The van der Waals surface area contributed by atoms with E-state index in [1.807, 2.05) is 0 Å². The van der Waals surface area contributed by atoms with Crippen molar-refractivity contribution in [2.45, 2.75) is 0 Å². The third-order valence-corrected chi connectivity index (χ3v) is 7.72. The van der Waals surface area contributed by atoms with Crippen molar-refractivity contribution in [2.24, 2.45) is 0 Å². The number of halogens is 2. The Balaban J connectivity index is 2.95. The van der Waals surface area contributed by atoms with E-state index in [9.17, 15) is 0 Å². The number of rotatable bonds is 0. The monoisotopic (exact) mass is 344 g/mol. The van der Waals surface area contributed by atoms with Crippen LogP contribution >= 0.6 is 43.2 Å². The number of thiophene rings is 1. The molecular formula is C6H2Br2SSe. The van der Waals surface area contributed by atoms with Crippen LogP contribution in [0.3, 0.4) is 0 Å². The quantitative estimate of drug-likeness (QED) is 0.642. The van der Waals surface area contributed by atoms with Gasteiger partial charge in [0.05, 0.1) is 0 Å². The summed E-state index contributed by atoms with van der Waals surface area (Å²) < 4.78 is 5.45. The average molecular weight is 345 g/mol. The van der Waals surface area contributed by atoms with Gasteiger partial charge in [-0.3, -0.25) is 0 Å². The summed E-state index contributed by atoms with van der Waals surface area (Å²) in [5, 5.41) is 2.15. The molecule has 0 aliphatic rings. The molecule has 0 unspecified atom stereocenters. The molecule has 0 aliphatic heterocycles. The molecule has 4 heteroatoms. The Hall–Kier alpha value is 0.919. The summed E-state index contributed by atoms with van der Waals surface area (Å²) in [5.74, 6) is 0. The van der Waals surface area contributed by atoms with Crippen molar-refractivity contribution in [3.8, 4) is 0 Å². The van der Waals surface area contributed by atoms with Gasteiger partial charge in [-0.2, -0.15) is 0 Å². The van der Waals surface area contributed by atoms with Gasteiger partial charge in [-0.25, -0.2) is 0 Å². The Kier molecular flexibility index (Phi) is 2.08. The topological polar surface area (TPSA) is 0 Å². The van der Waals surface area contributed by atoms with Crippen LogP contribution in [0.1, 0.15) is 0 Å². The second-order valence-electron chi connectivity index (χ2n) is 1.83. The number of fused-ring (bicyclic) bond motifs is 1. The number of hydrogen-bond donors (Lipinski definition) is 0. The molecule has 0 saturated heterocycles. The molecule has 10 heavy (non-hydrogen) atoms. The van der Waals surface area contributed by atoms with Crippen LogP contribution in [-0.2, 0) is 0 Å². The molecule has 0 amide bonds. The molecule has 0 spiro atoms. The van der Waals surface area contributed by atoms with E-state index in [0.717, 1.165) is 0 Å². The van der Waals surface area contributed by atoms with Crippen molar-refractivity contribution >= 4 is 66.7 Å². The second kappa shape index (κ2) is 2.76. The molecular weight excluding hydrogens is 343 g/mol. The third kappa shape index (κ3) is 1.06.